The number of anilines is 1. The van der Waals surface area contributed by atoms with Gasteiger partial charge in [0.05, 0.1) is 25.2 Å². The van der Waals surface area contributed by atoms with Crippen molar-refractivity contribution in [2.75, 3.05) is 24.6 Å². The van der Waals surface area contributed by atoms with Gasteiger partial charge in [-0.05, 0) is 36.9 Å². The zero-order valence-electron chi connectivity index (χ0n) is 15.6. The first-order valence-corrected chi connectivity index (χ1v) is 9.75. The Morgan fingerprint density at radius 3 is 2.86 bits per heavy atom. The summed E-state index contributed by atoms with van der Waals surface area (Å²) in [5, 5.41) is 0. The lowest BCUT2D eigenvalue weighted by Crippen LogP contribution is -2.69. The Morgan fingerprint density at radius 1 is 1.18 bits per heavy atom. The van der Waals surface area contributed by atoms with Crippen LogP contribution in [-0.4, -0.2) is 59.6 Å². The van der Waals surface area contributed by atoms with E-state index in [4.69, 9.17) is 4.74 Å². The van der Waals surface area contributed by atoms with Gasteiger partial charge in [0.1, 0.15) is 0 Å². The van der Waals surface area contributed by atoms with Crippen LogP contribution < -0.4 is 4.90 Å². The molecule has 6 atom stereocenters. The summed E-state index contributed by atoms with van der Waals surface area (Å²) in [5.41, 5.74) is 4.35. The van der Waals surface area contributed by atoms with Crippen molar-refractivity contribution in [1.82, 2.24) is 4.90 Å². The zero-order valence-corrected chi connectivity index (χ0v) is 16.5. The number of benzene rings is 1. The molecule has 28 heavy (non-hydrogen) atoms. The standard InChI is InChI=1S/C21H22N2O2.ClH.2H2O/c24-18-10-16-19-13-9-17-21(6-7-22(17)11-12(13)5-8-25-16)14-3-1-2-4-15(14)23(18)20(19)21;;;/h1-5,13,16-17,19-20H,6-11H2;1H;2*1H2/t13-,16+,17-,19-,20-,21+;;;/m0.../s1. The minimum atomic E-state index is 0. The lowest BCUT2D eigenvalue weighted by molar-refractivity contribution is -0.132. The van der Waals surface area contributed by atoms with Gasteiger partial charge >= 0.3 is 0 Å². The molecule has 1 saturated carbocycles. The molecule has 5 heterocycles. The molecule has 1 amide bonds. The number of fused-ring (bicyclic) bond motifs is 2. The minimum absolute atomic E-state index is 0. The van der Waals surface area contributed by atoms with E-state index < -0.39 is 0 Å². The molecule has 5 aliphatic heterocycles. The summed E-state index contributed by atoms with van der Waals surface area (Å²) < 4.78 is 6.25. The summed E-state index contributed by atoms with van der Waals surface area (Å²) in [6.07, 6.45) is 5.43. The van der Waals surface area contributed by atoms with Crippen LogP contribution in [0.15, 0.2) is 35.9 Å². The lowest BCUT2D eigenvalue weighted by Gasteiger charge is -2.58. The highest BCUT2D eigenvalue weighted by Gasteiger charge is 2.70. The second-order valence-corrected chi connectivity index (χ2v) is 8.78. The molecule has 6 aliphatic rings. The molecule has 0 aromatic heterocycles. The van der Waals surface area contributed by atoms with Crippen molar-refractivity contribution in [3.63, 3.8) is 0 Å². The van der Waals surface area contributed by atoms with Crippen molar-refractivity contribution in [2.45, 2.75) is 42.9 Å². The highest BCUT2D eigenvalue weighted by Crippen LogP contribution is 2.65. The number of hydrogen-bond acceptors (Lipinski definition) is 3. The number of ether oxygens (including phenoxy) is 1. The maximum Gasteiger partial charge on any atom is 0.229 e. The third-order valence-corrected chi connectivity index (χ3v) is 8.22. The average Bonchev–Trinajstić information content (AvgIpc) is 3.10. The van der Waals surface area contributed by atoms with E-state index in [1.165, 1.54) is 30.6 Å². The predicted octanol–water partition coefficient (Wildman–Crippen LogP) is 0.865. The summed E-state index contributed by atoms with van der Waals surface area (Å²) in [5.74, 6) is 1.35. The highest BCUT2D eigenvalue weighted by atomic mass is 35.5. The van der Waals surface area contributed by atoms with Crippen molar-refractivity contribution >= 4 is 24.0 Å². The van der Waals surface area contributed by atoms with Gasteiger partial charge in [-0.2, -0.15) is 0 Å². The number of carbonyl (C=O) groups excluding carboxylic acids is 1. The number of halogens is 1. The maximum atomic E-state index is 13.2. The van der Waals surface area contributed by atoms with Gasteiger partial charge in [0.15, 0.2) is 0 Å². The van der Waals surface area contributed by atoms with E-state index in [1.54, 1.807) is 5.57 Å². The molecule has 6 nitrogen and oxygen atoms in total. The molecule has 1 aromatic carbocycles. The van der Waals surface area contributed by atoms with Gasteiger partial charge in [0.2, 0.25) is 5.91 Å². The molecule has 1 aromatic rings. The summed E-state index contributed by atoms with van der Waals surface area (Å²) in [7, 11) is 0. The van der Waals surface area contributed by atoms with Crippen LogP contribution >= 0.6 is 12.4 Å². The molecule has 0 unspecified atom stereocenters. The normalized spacial score (nSPS) is 41.0. The van der Waals surface area contributed by atoms with Gasteiger partial charge in [0.25, 0.3) is 0 Å². The molecule has 4 N–H and O–H groups in total. The van der Waals surface area contributed by atoms with Crippen LogP contribution in [0.5, 0.6) is 0 Å². The monoisotopic (exact) mass is 406 g/mol. The van der Waals surface area contributed by atoms with E-state index in [9.17, 15) is 4.79 Å². The summed E-state index contributed by atoms with van der Waals surface area (Å²) >= 11 is 0. The topological polar surface area (TPSA) is 95.8 Å². The van der Waals surface area contributed by atoms with Gasteiger partial charge in [0, 0.05) is 29.6 Å². The Hall–Kier alpha value is -1.44. The van der Waals surface area contributed by atoms with Gasteiger partial charge in [-0.25, -0.2) is 0 Å². The van der Waals surface area contributed by atoms with Crippen molar-refractivity contribution in [3.8, 4) is 0 Å². The molecule has 152 valence electrons. The Morgan fingerprint density at radius 2 is 2.00 bits per heavy atom. The fourth-order valence-electron chi connectivity index (χ4n) is 7.51. The quantitative estimate of drug-likeness (QED) is 0.598. The molecule has 1 aliphatic carbocycles. The van der Waals surface area contributed by atoms with Crippen molar-refractivity contribution < 1.29 is 20.5 Å². The van der Waals surface area contributed by atoms with Gasteiger partial charge in [-0.3, -0.25) is 9.69 Å². The second kappa shape index (κ2) is 6.28. The van der Waals surface area contributed by atoms with E-state index >= 15 is 0 Å². The number of carbonyl (C=O) groups is 1. The van der Waals surface area contributed by atoms with Crippen LogP contribution in [0.1, 0.15) is 24.8 Å². The summed E-state index contributed by atoms with van der Waals surface area (Å²) in [4.78, 5) is 18.1. The molecule has 7 heteroatoms. The maximum absolute atomic E-state index is 13.2. The molecule has 0 radical (unpaired) electrons. The molecule has 1 spiro atoms. The number of piperidine rings is 2. The van der Waals surface area contributed by atoms with Crippen LogP contribution in [0.25, 0.3) is 0 Å². The largest absolute Gasteiger partial charge is 0.412 e. The number of nitrogens with zero attached hydrogens (tertiary/aromatic N) is 2. The third-order valence-electron chi connectivity index (χ3n) is 8.22. The summed E-state index contributed by atoms with van der Waals surface area (Å²) in [6, 6.07) is 9.64. The van der Waals surface area contributed by atoms with E-state index in [0.29, 0.717) is 36.9 Å². The number of para-hydroxylation sites is 1. The summed E-state index contributed by atoms with van der Waals surface area (Å²) in [6.45, 7) is 2.97. The number of amides is 1. The van der Waals surface area contributed by atoms with Crippen LogP contribution in [-0.2, 0) is 14.9 Å². The zero-order chi connectivity index (χ0) is 16.3. The van der Waals surface area contributed by atoms with E-state index in [2.05, 4.69) is 40.1 Å². The first kappa shape index (κ1) is 19.9. The fourth-order valence-corrected chi connectivity index (χ4v) is 7.51. The predicted molar refractivity (Wildman–Crippen MR) is 108 cm³/mol. The van der Waals surface area contributed by atoms with Gasteiger partial charge < -0.3 is 20.6 Å². The van der Waals surface area contributed by atoms with Crippen LogP contribution in [0.3, 0.4) is 0 Å². The Bertz CT molecular complexity index is 861. The Kier molecular flexibility index (Phi) is 4.45. The highest BCUT2D eigenvalue weighted by molar-refractivity contribution is 5.99. The first-order valence-electron chi connectivity index (χ1n) is 9.75. The lowest BCUT2D eigenvalue weighted by atomic mass is 9.53. The van der Waals surface area contributed by atoms with Crippen LogP contribution in [0.2, 0.25) is 0 Å². The Balaban J connectivity index is 0.000000641. The van der Waals surface area contributed by atoms with Crippen LogP contribution in [0, 0.1) is 11.8 Å². The molecule has 7 rings (SSSR count). The van der Waals surface area contributed by atoms with E-state index in [-0.39, 0.29) is 40.8 Å². The van der Waals surface area contributed by atoms with Crippen LogP contribution in [0.4, 0.5) is 5.69 Å². The second-order valence-electron chi connectivity index (χ2n) is 8.78. The van der Waals surface area contributed by atoms with E-state index in [0.717, 1.165) is 6.54 Å². The van der Waals surface area contributed by atoms with E-state index in [1.807, 2.05) is 0 Å². The smallest absolute Gasteiger partial charge is 0.229 e. The van der Waals surface area contributed by atoms with Crippen molar-refractivity contribution in [2.24, 2.45) is 11.8 Å². The van der Waals surface area contributed by atoms with Gasteiger partial charge in [-0.15, -0.1) is 12.4 Å². The molecule has 2 bridgehead atoms. The van der Waals surface area contributed by atoms with Crippen molar-refractivity contribution in [1.29, 1.82) is 0 Å². The molecular formula is C21H27ClN2O4. The van der Waals surface area contributed by atoms with Crippen molar-refractivity contribution in [3.05, 3.63) is 41.5 Å². The number of hydrogen-bond donors (Lipinski definition) is 0. The number of rotatable bonds is 0. The minimum Gasteiger partial charge on any atom is -0.412 e. The average molecular weight is 407 g/mol. The third kappa shape index (κ3) is 1.95. The molecule has 3 saturated heterocycles. The molecule has 4 fully saturated rings. The molecular weight excluding hydrogens is 380 g/mol. The fraction of sp³-hybridized carbons (Fsp3) is 0.571. The Labute approximate surface area is 170 Å². The first-order chi connectivity index (χ1) is 12.3. The SMILES string of the molecule is Cl.O.O.O=C1C[C@H]2OCC=C3CN4CC[C@]56c7ccccc7N1[C@H]5[C@H]2[C@H]3C[C@H]46. The van der Waals surface area contributed by atoms with Gasteiger partial charge in [-0.1, -0.05) is 29.8 Å².